The van der Waals surface area contributed by atoms with Gasteiger partial charge in [0.05, 0.1) is 5.56 Å². The molecule has 0 spiro atoms. The van der Waals surface area contributed by atoms with Gasteiger partial charge in [-0.15, -0.1) is 0 Å². The minimum Gasteiger partial charge on any atom is -0.449 e. The number of hydrogen-bond acceptors (Lipinski definition) is 4. The second kappa shape index (κ2) is 10.3. The zero-order chi connectivity index (χ0) is 22.2. The van der Waals surface area contributed by atoms with Gasteiger partial charge < -0.3 is 10.1 Å². The molecule has 0 aliphatic rings. The van der Waals surface area contributed by atoms with Crippen LogP contribution >= 0.6 is 0 Å². The van der Waals surface area contributed by atoms with Crippen LogP contribution < -0.4 is 5.32 Å². The molecule has 1 atom stereocenters. The van der Waals surface area contributed by atoms with E-state index < -0.39 is 18.0 Å². The van der Waals surface area contributed by atoms with Gasteiger partial charge in [0.15, 0.2) is 11.9 Å². The molecule has 0 saturated heterocycles. The molecule has 0 fully saturated rings. The van der Waals surface area contributed by atoms with Gasteiger partial charge in [-0.3, -0.25) is 9.59 Å². The van der Waals surface area contributed by atoms with Crippen LogP contribution in [0, 0.1) is 5.82 Å². The summed E-state index contributed by atoms with van der Waals surface area (Å²) >= 11 is 0. The van der Waals surface area contributed by atoms with E-state index in [2.05, 4.69) is 5.32 Å². The van der Waals surface area contributed by atoms with Crippen LogP contribution in [0.3, 0.4) is 0 Å². The third-order valence-electron chi connectivity index (χ3n) is 4.71. The molecular weight excluding hydrogens is 397 g/mol. The molecule has 3 aromatic rings. The summed E-state index contributed by atoms with van der Waals surface area (Å²) in [5.74, 6) is -1.83. The van der Waals surface area contributed by atoms with Crippen molar-refractivity contribution in [2.75, 3.05) is 6.54 Å². The van der Waals surface area contributed by atoms with Gasteiger partial charge in [-0.2, -0.15) is 0 Å². The van der Waals surface area contributed by atoms with Crippen molar-refractivity contribution in [2.24, 2.45) is 0 Å². The maximum absolute atomic E-state index is 12.9. The summed E-state index contributed by atoms with van der Waals surface area (Å²) in [4.78, 5) is 37.7. The molecule has 0 radical (unpaired) electrons. The lowest BCUT2D eigenvalue weighted by Gasteiger charge is -2.15. The molecule has 6 heteroatoms. The van der Waals surface area contributed by atoms with Crippen LogP contribution in [0.2, 0.25) is 0 Å². The Kier molecular flexibility index (Phi) is 7.27. The highest BCUT2D eigenvalue weighted by Gasteiger charge is 2.23. The number of amides is 1. The van der Waals surface area contributed by atoms with E-state index in [0.29, 0.717) is 18.5 Å². The lowest BCUT2D eigenvalue weighted by atomic mass is 9.98. The number of halogens is 1. The highest BCUT2D eigenvalue weighted by molar-refractivity contribution is 6.14. The van der Waals surface area contributed by atoms with Crippen molar-refractivity contribution in [3.05, 3.63) is 107 Å². The predicted molar refractivity (Wildman–Crippen MR) is 114 cm³/mol. The van der Waals surface area contributed by atoms with Crippen LogP contribution in [0.4, 0.5) is 4.39 Å². The fraction of sp³-hybridized carbons (Fsp3) is 0.160. The zero-order valence-corrected chi connectivity index (χ0v) is 17.0. The van der Waals surface area contributed by atoms with Gasteiger partial charge in [-0.05, 0) is 37.1 Å². The number of ether oxygens (including phenoxy) is 1. The smallest absolute Gasteiger partial charge is 0.339 e. The molecule has 158 valence electrons. The van der Waals surface area contributed by atoms with Gasteiger partial charge in [0.1, 0.15) is 5.82 Å². The monoisotopic (exact) mass is 419 g/mol. The Labute approximate surface area is 179 Å². The first-order valence-electron chi connectivity index (χ1n) is 9.87. The molecular formula is C25H22FNO4. The molecule has 0 unspecified atom stereocenters. The van der Waals surface area contributed by atoms with E-state index in [4.69, 9.17) is 4.74 Å². The number of hydrogen-bond donors (Lipinski definition) is 1. The third-order valence-corrected chi connectivity index (χ3v) is 4.71. The fourth-order valence-corrected chi connectivity index (χ4v) is 3.01. The maximum Gasteiger partial charge on any atom is 0.339 e. The molecule has 3 aromatic carbocycles. The topological polar surface area (TPSA) is 72.5 Å². The number of nitrogens with one attached hydrogen (secondary N) is 1. The number of rotatable bonds is 8. The molecule has 0 heterocycles. The predicted octanol–water partition coefficient (Wildman–Crippen LogP) is 3.96. The molecule has 0 aromatic heterocycles. The van der Waals surface area contributed by atoms with E-state index in [9.17, 15) is 18.8 Å². The van der Waals surface area contributed by atoms with E-state index in [1.165, 1.54) is 25.1 Å². The average molecular weight is 419 g/mol. The SMILES string of the molecule is C[C@@H](OC(=O)c1ccccc1C(=O)c1ccccc1)C(=O)NCCc1ccc(F)cc1. The van der Waals surface area contributed by atoms with Crippen molar-refractivity contribution >= 4 is 17.7 Å². The molecule has 31 heavy (non-hydrogen) atoms. The molecule has 0 saturated carbocycles. The van der Waals surface area contributed by atoms with E-state index >= 15 is 0 Å². The molecule has 0 aliphatic heterocycles. The molecule has 5 nitrogen and oxygen atoms in total. The van der Waals surface area contributed by atoms with Gasteiger partial charge in [-0.1, -0.05) is 60.7 Å². The Morgan fingerprint density at radius 2 is 1.48 bits per heavy atom. The number of esters is 1. The first-order valence-corrected chi connectivity index (χ1v) is 9.87. The van der Waals surface area contributed by atoms with Crippen molar-refractivity contribution in [2.45, 2.75) is 19.4 Å². The number of benzene rings is 3. The van der Waals surface area contributed by atoms with E-state index in [1.807, 2.05) is 0 Å². The zero-order valence-electron chi connectivity index (χ0n) is 17.0. The summed E-state index contributed by atoms with van der Waals surface area (Å²) in [5, 5.41) is 2.69. The van der Waals surface area contributed by atoms with E-state index in [-0.39, 0.29) is 22.7 Å². The molecule has 0 aliphatic carbocycles. The van der Waals surface area contributed by atoms with Gasteiger partial charge in [0.25, 0.3) is 5.91 Å². The Balaban J connectivity index is 1.60. The Bertz CT molecular complexity index is 1060. The summed E-state index contributed by atoms with van der Waals surface area (Å²) in [7, 11) is 0. The summed E-state index contributed by atoms with van der Waals surface area (Å²) in [6.45, 7) is 1.78. The van der Waals surface area contributed by atoms with Gasteiger partial charge in [0.2, 0.25) is 0 Å². The van der Waals surface area contributed by atoms with E-state index in [0.717, 1.165) is 5.56 Å². The van der Waals surface area contributed by atoms with Gasteiger partial charge in [0, 0.05) is 17.7 Å². The van der Waals surface area contributed by atoms with Crippen LogP contribution in [0.25, 0.3) is 0 Å². The summed E-state index contributed by atoms with van der Waals surface area (Å²) in [6.07, 6.45) is -0.526. The summed E-state index contributed by atoms with van der Waals surface area (Å²) in [6, 6.07) is 21.0. The number of ketones is 1. The van der Waals surface area contributed by atoms with Crippen molar-refractivity contribution in [3.8, 4) is 0 Å². The normalized spacial score (nSPS) is 11.4. The number of carbonyl (C=O) groups is 3. The first-order chi connectivity index (χ1) is 15.0. The standard InChI is InChI=1S/C25H22FNO4/c1-17(24(29)27-16-15-18-11-13-20(26)14-12-18)31-25(30)22-10-6-5-9-21(22)23(28)19-7-3-2-4-8-19/h2-14,17H,15-16H2,1H3,(H,27,29)/t17-/m1/s1. The number of carbonyl (C=O) groups excluding carboxylic acids is 3. The lowest BCUT2D eigenvalue weighted by molar-refractivity contribution is -0.129. The third kappa shape index (κ3) is 5.85. The van der Waals surface area contributed by atoms with Crippen molar-refractivity contribution < 1.29 is 23.5 Å². The molecule has 1 N–H and O–H groups in total. The highest BCUT2D eigenvalue weighted by Crippen LogP contribution is 2.16. The summed E-state index contributed by atoms with van der Waals surface area (Å²) in [5.41, 5.74) is 1.64. The van der Waals surface area contributed by atoms with Crippen LogP contribution in [0.15, 0.2) is 78.9 Å². The highest BCUT2D eigenvalue weighted by atomic mass is 19.1. The van der Waals surface area contributed by atoms with E-state index in [1.54, 1.807) is 60.7 Å². The van der Waals surface area contributed by atoms with Crippen LogP contribution in [0.5, 0.6) is 0 Å². The minimum atomic E-state index is -1.04. The minimum absolute atomic E-state index is 0.0994. The second-order valence-corrected chi connectivity index (χ2v) is 6.96. The molecule has 1 amide bonds. The van der Waals surface area contributed by atoms with Crippen LogP contribution in [0.1, 0.15) is 38.8 Å². The van der Waals surface area contributed by atoms with Crippen molar-refractivity contribution in [3.63, 3.8) is 0 Å². The van der Waals surface area contributed by atoms with Gasteiger partial charge in [-0.25, -0.2) is 9.18 Å². The Morgan fingerprint density at radius 1 is 0.871 bits per heavy atom. The Hall–Kier alpha value is -3.80. The lowest BCUT2D eigenvalue weighted by Crippen LogP contribution is -2.37. The second-order valence-electron chi connectivity index (χ2n) is 6.96. The fourth-order valence-electron chi connectivity index (χ4n) is 3.01. The van der Waals surface area contributed by atoms with Crippen molar-refractivity contribution in [1.29, 1.82) is 0 Å². The largest absolute Gasteiger partial charge is 0.449 e. The van der Waals surface area contributed by atoms with Crippen LogP contribution in [-0.4, -0.2) is 30.3 Å². The average Bonchev–Trinajstić information content (AvgIpc) is 2.80. The van der Waals surface area contributed by atoms with Gasteiger partial charge >= 0.3 is 5.97 Å². The molecule has 3 rings (SSSR count). The quantitative estimate of drug-likeness (QED) is 0.443. The maximum atomic E-state index is 12.9. The Morgan fingerprint density at radius 3 is 2.16 bits per heavy atom. The van der Waals surface area contributed by atoms with Crippen molar-refractivity contribution in [1.82, 2.24) is 5.32 Å². The summed E-state index contributed by atoms with van der Waals surface area (Å²) < 4.78 is 18.2. The van der Waals surface area contributed by atoms with Crippen LogP contribution in [-0.2, 0) is 16.0 Å². The first kappa shape index (κ1) is 21.9. The molecule has 0 bridgehead atoms.